The summed E-state index contributed by atoms with van der Waals surface area (Å²) in [5.74, 6) is 2.25. The highest BCUT2D eigenvalue weighted by atomic mass is 32.2. The third-order valence-corrected chi connectivity index (χ3v) is 5.73. The van der Waals surface area contributed by atoms with Crippen LogP contribution in [0, 0.1) is 0 Å². The molecule has 0 aromatic heterocycles. The van der Waals surface area contributed by atoms with Crippen LogP contribution >= 0.6 is 23.5 Å². The molecule has 8 heteroatoms. The van der Waals surface area contributed by atoms with Gasteiger partial charge in [0, 0.05) is 58.4 Å². The molecule has 0 aromatic carbocycles. The molecule has 0 fully saturated rings. The molecule has 0 unspecified atom stereocenters. The second kappa shape index (κ2) is 19.9. The van der Waals surface area contributed by atoms with Crippen LogP contribution in [0.3, 0.4) is 0 Å². The summed E-state index contributed by atoms with van der Waals surface area (Å²) in [6.45, 7) is 2.75. The van der Waals surface area contributed by atoms with Gasteiger partial charge in [0.05, 0.1) is 0 Å². The first-order chi connectivity index (χ1) is 12.2. The first-order valence-electron chi connectivity index (χ1n) is 8.87. The number of rotatable bonds is 18. The smallest absolute Gasteiger partial charge is 0.220 e. The average molecular weight is 395 g/mol. The number of carbonyl (C=O) groups excluding carboxylic acids is 2. The van der Waals surface area contributed by atoms with Crippen molar-refractivity contribution in [3.05, 3.63) is 0 Å². The van der Waals surface area contributed by atoms with Crippen molar-refractivity contribution in [3.63, 3.8) is 0 Å². The fourth-order valence-corrected chi connectivity index (χ4v) is 4.02. The Bertz CT molecular complexity index is 304. The Labute approximate surface area is 160 Å². The van der Waals surface area contributed by atoms with Gasteiger partial charge in [0.2, 0.25) is 11.8 Å². The van der Waals surface area contributed by atoms with Crippen LogP contribution in [0.25, 0.3) is 0 Å². The number of amides is 2. The van der Waals surface area contributed by atoms with Crippen LogP contribution in [0.4, 0.5) is 0 Å². The number of methoxy groups -OCH3 is 2. The van der Waals surface area contributed by atoms with Crippen LogP contribution < -0.4 is 10.6 Å². The molecule has 0 saturated heterocycles. The summed E-state index contributed by atoms with van der Waals surface area (Å²) in [4.78, 5) is 23.1. The monoisotopic (exact) mass is 394 g/mol. The first kappa shape index (κ1) is 24.6. The SMILES string of the molecule is COCCCNC(=O)CCCSCSCCCC(=O)NCCCOC. The first-order valence-corrected chi connectivity index (χ1v) is 11.2. The molecule has 0 spiro atoms. The molecule has 0 atom stereocenters. The standard InChI is InChI=1S/C17H34N2O4S2/c1-22-11-5-9-18-16(20)7-3-13-24-15-25-14-4-8-17(21)19-10-6-12-23-2/h3-15H2,1-2H3,(H,18,20)(H,19,21). The Hall–Kier alpha value is -0.440. The van der Waals surface area contributed by atoms with Crippen LogP contribution in [0.2, 0.25) is 0 Å². The number of thioether (sulfide) groups is 2. The number of carbonyl (C=O) groups is 2. The van der Waals surface area contributed by atoms with Gasteiger partial charge >= 0.3 is 0 Å². The molecule has 0 aliphatic heterocycles. The molecule has 0 aliphatic carbocycles. The van der Waals surface area contributed by atoms with Crippen molar-refractivity contribution in [1.29, 1.82) is 0 Å². The highest BCUT2D eigenvalue weighted by molar-refractivity contribution is 8.15. The molecule has 25 heavy (non-hydrogen) atoms. The minimum Gasteiger partial charge on any atom is -0.385 e. The number of hydrogen-bond donors (Lipinski definition) is 2. The molecular formula is C17H34N2O4S2. The maximum absolute atomic E-state index is 11.5. The molecule has 6 nitrogen and oxygen atoms in total. The van der Waals surface area contributed by atoms with Gasteiger partial charge in [0.25, 0.3) is 0 Å². The summed E-state index contributed by atoms with van der Waals surface area (Å²) in [6, 6.07) is 0. The minimum atomic E-state index is 0.126. The van der Waals surface area contributed by atoms with Crippen molar-refractivity contribution in [3.8, 4) is 0 Å². The van der Waals surface area contributed by atoms with E-state index >= 15 is 0 Å². The normalized spacial score (nSPS) is 10.6. The highest BCUT2D eigenvalue weighted by Gasteiger charge is 2.02. The molecule has 2 amide bonds. The van der Waals surface area contributed by atoms with Crippen molar-refractivity contribution < 1.29 is 19.1 Å². The zero-order valence-corrected chi connectivity index (χ0v) is 17.3. The van der Waals surface area contributed by atoms with Crippen molar-refractivity contribution in [2.45, 2.75) is 38.5 Å². The zero-order chi connectivity index (χ0) is 18.6. The number of nitrogens with one attached hydrogen (secondary N) is 2. The van der Waals surface area contributed by atoms with Crippen molar-refractivity contribution in [1.82, 2.24) is 10.6 Å². The van der Waals surface area contributed by atoms with Gasteiger partial charge in [-0.3, -0.25) is 9.59 Å². The summed E-state index contributed by atoms with van der Waals surface area (Å²) in [5, 5.41) is 6.80. The fraction of sp³-hybridized carbons (Fsp3) is 0.882. The Morgan fingerprint density at radius 1 is 0.760 bits per heavy atom. The molecule has 0 aliphatic rings. The lowest BCUT2D eigenvalue weighted by molar-refractivity contribution is -0.121. The van der Waals surface area contributed by atoms with Crippen LogP contribution in [-0.2, 0) is 19.1 Å². The lowest BCUT2D eigenvalue weighted by Gasteiger charge is -2.06. The van der Waals surface area contributed by atoms with E-state index in [-0.39, 0.29) is 11.8 Å². The van der Waals surface area contributed by atoms with Crippen LogP contribution in [0.5, 0.6) is 0 Å². The highest BCUT2D eigenvalue weighted by Crippen LogP contribution is 2.15. The summed E-state index contributed by atoms with van der Waals surface area (Å²) in [6.07, 6.45) is 4.72. The molecule has 2 N–H and O–H groups in total. The van der Waals surface area contributed by atoms with Gasteiger partial charge in [-0.2, -0.15) is 23.5 Å². The van der Waals surface area contributed by atoms with Crippen LogP contribution in [0.1, 0.15) is 38.5 Å². The molecule has 0 saturated carbocycles. The van der Waals surface area contributed by atoms with Gasteiger partial charge in [0.15, 0.2) is 0 Å². The van der Waals surface area contributed by atoms with E-state index in [9.17, 15) is 9.59 Å². The predicted molar refractivity (Wildman–Crippen MR) is 107 cm³/mol. The van der Waals surface area contributed by atoms with E-state index in [1.807, 2.05) is 23.5 Å². The largest absolute Gasteiger partial charge is 0.385 e. The summed E-state index contributed by atoms with van der Waals surface area (Å²) >= 11 is 3.71. The Morgan fingerprint density at radius 3 is 1.60 bits per heavy atom. The second-order valence-corrected chi connectivity index (χ2v) is 8.11. The van der Waals surface area contributed by atoms with Gasteiger partial charge in [0.1, 0.15) is 0 Å². The van der Waals surface area contributed by atoms with Gasteiger partial charge in [-0.05, 0) is 37.2 Å². The number of hydrogen-bond acceptors (Lipinski definition) is 6. The Morgan fingerprint density at radius 2 is 1.20 bits per heavy atom. The van der Waals surface area contributed by atoms with Gasteiger partial charge < -0.3 is 20.1 Å². The zero-order valence-electron chi connectivity index (χ0n) is 15.6. The van der Waals surface area contributed by atoms with Crippen LogP contribution in [0.15, 0.2) is 0 Å². The molecular weight excluding hydrogens is 360 g/mol. The van der Waals surface area contributed by atoms with Crippen molar-refractivity contribution >= 4 is 35.3 Å². The van der Waals surface area contributed by atoms with Gasteiger partial charge in [-0.15, -0.1) is 0 Å². The molecule has 148 valence electrons. The van der Waals surface area contributed by atoms with E-state index in [0.29, 0.717) is 39.1 Å². The summed E-state index contributed by atoms with van der Waals surface area (Å²) in [7, 11) is 3.33. The predicted octanol–water partition coefficient (Wildman–Crippen LogP) is 2.28. The topological polar surface area (TPSA) is 76.7 Å². The third-order valence-electron chi connectivity index (χ3n) is 3.25. The number of ether oxygens (including phenoxy) is 2. The lowest BCUT2D eigenvalue weighted by atomic mass is 10.3. The van der Waals surface area contributed by atoms with Crippen LogP contribution in [-0.4, -0.2) is 68.9 Å². The van der Waals surface area contributed by atoms with E-state index in [1.165, 1.54) is 0 Å². The molecule has 0 rings (SSSR count). The maximum atomic E-state index is 11.5. The van der Waals surface area contributed by atoms with E-state index < -0.39 is 0 Å². The average Bonchev–Trinajstić information content (AvgIpc) is 2.61. The Kier molecular flexibility index (Phi) is 19.5. The fourth-order valence-electron chi connectivity index (χ4n) is 1.91. The summed E-state index contributed by atoms with van der Waals surface area (Å²) < 4.78 is 9.86. The molecule has 0 heterocycles. The van der Waals surface area contributed by atoms with Gasteiger partial charge in [-0.25, -0.2) is 0 Å². The van der Waals surface area contributed by atoms with E-state index in [0.717, 1.165) is 42.3 Å². The Balaban J connectivity index is 3.23. The van der Waals surface area contributed by atoms with Gasteiger partial charge in [-0.1, -0.05) is 0 Å². The minimum absolute atomic E-state index is 0.126. The quantitative estimate of drug-likeness (QED) is 0.274. The molecule has 0 bridgehead atoms. The maximum Gasteiger partial charge on any atom is 0.220 e. The third kappa shape index (κ3) is 19.7. The van der Waals surface area contributed by atoms with Crippen molar-refractivity contribution in [2.75, 3.05) is 57.1 Å². The summed E-state index contributed by atoms with van der Waals surface area (Å²) in [5.41, 5.74) is 0. The van der Waals surface area contributed by atoms with E-state index in [1.54, 1.807) is 14.2 Å². The van der Waals surface area contributed by atoms with Crippen molar-refractivity contribution in [2.24, 2.45) is 0 Å². The molecule has 0 radical (unpaired) electrons. The molecule has 0 aromatic rings. The second-order valence-electron chi connectivity index (χ2n) is 5.53. The van der Waals surface area contributed by atoms with E-state index in [2.05, 4.69) is 10.6 Å². The lowest BCUT2D eigenvalue weighted by Crippen LogP contribution is -2.25. The van der Waals surface area contributed by atoms with E-state index in [4.69, 9.17) is 9.47 Å².